The van der Waals surface area contributed by atoms with Crippen LogP contribution in [0.1, 0.15) is 37.2 Å². The zero-order valence-electron chi connectivity index (χ0n) is 11.7. The Balaban J connectivity index is 2.19. The Morgan fingerprint density at radius 1 is 1.37 bits per heavy atom. The van der Waals surface area contributed by atoms with E-state index in [0.717, 1.165) is 21.4 Å². The number of fused-ring (bicyclic) bond motifs is 1. The maximum atomic E-state index is 11.6. The van der Waals surface area contributed by atoms with Gasteiger partial charge in [0.25, 0.3) is 0 Å². The van der Waals surface area contributed by atoms with Crippen LogP contribution in [-0.4, -0.2) is 26.2 Å². The van der Waals surface area contributed by atoms with Crippen molar-refractivity contribution in [2.24, 2.45) is 0 Å². The van der Waals surface area contributed by atoms with Crippen LogP contribution in [0.2, 0.25) is 0 Å². The Morgan fingerprint density at radius 2 is 2.05 bits per heavy atom. The Morgan fingerprint density at radius 3 is 2.63 bits per heavy atom. The lowest BCUT2D eigenvalue weighted by Crippen LogP contribution is -2.22. The van der Waals surface area contributed by atoms with E-state index in [2.05, 4.69) is 10.1 Å². The Labute approximate surface area is 115 Å². The number of thiazole rings is 1. The average molecular weight is 279 g/mol. The smallest absolute Gasteiger partial charge is 0.331 e. The molecule has 0 spiro atoms. The molecule has 0 saturated heterocycles. The van der Waals surface area contributed by atoms with Crippen molar-refractivity contribution in [2.75, 3.05) is 0 Å². The lowest BCUT2D eigenvalue weighted by Gasteiger charge is -2.17. The first-order valence-corrected chi connectivity index (χ1v) is 6.82. The molecular weight excluding hydrogens is 262 g/mol. The van der Waals surface area contributed by atoms with Gasteiger partial charge in [0.05, 0.1) is 10.6 Å². The highest BCUT2D eigenvalue weighted by Gasteiger charge is 2.14. The minimum atomic E-state index is -0.473. The summed E-state index contributed by atoms with van der Waals surface area (Å²) in [4.78, 5) is 17.7. The van der Waals surface area contributed by atoms with Gasteiger partial charge in [0.15, 0.2) is 0 Å². The minimum Gasteiger partial charge on any atom is -0.457 e. The van der Waals surface area contributed by atoms with E-state index in [-0.39, 0.29) is 5.97 Å². The van der Waals surface area contributed by atoms with Crippen molar-refractivity contribution in [2.45, 2.75) is 40.2 Å². The SMILES string of the molecule is Cc1nc2sc(/C=C/C(=O)OC(C)(C)C)c(C)n2n1. The topological polar surface area (TPSA) is 56.5 Å². The maximum absolute atomic E-state index is 11.6. The quantitative estimate of drug-likeness (QED) is 0.626. The van der Waals surface area contributed by atoms with Crippen LogP contribution in [0.15, 0.2) is 6.08 Å². The van der Waals surface area contributed by atoms with Gasteiger partial charge in [-0.05, 0) is 40.7 Å². The fourth-order valence-corrected chi connectivity index (χ4v) is 2.60. The monoisotopic (exact) mass is 279 g/mol. The molecule has 0 radical (unpaired) electrons. The highest BCUT2D eigenvalue weighted by molar-refractivity contribution is 7.18. The predicted octanol–water partition coefficient (Wildman–Crippen LogP) is 2.76. The van der Waals surface area contributed by atoms with E-state index in [4.69, 9.17) is 4.74 Å². The van der Waals surface area contributed by atoms with Crippen molar-refractivity contribution in [3.63, 3.8) is 0 Å². The summed E-state index contributed by atoms with van der Waals surface area (Å²) in [6.07, 6.45) is 3.19. The van der Waals surface area contributed by atoms with Gasteiger partial charge in [-0.25, -0.2) is 14.3 Å². The molecule has 0 bridgehead atoms. The van der Waals surface area contributed by atoms with Crippen molar-refractivity contribution in [1.29, 1.82) is 0 Å². The number of aromatic nitrogens is 3. The Bertz CT molecular complexity index is 647. The molecule has 2 rings (SSSR count). The van der Waals surface area contributed by atoms with Gasteiger partial charge in [-0.15, -0.1) is 0 Å². The van der Waals surface area contributed by atoms with Gasteiger partial charge >= 0.3 is 5.97 Å². The number of aryl methyl sites for hydroxylation is 2. The van der Waals surface area contributed by atoms with Gasteiger partial charge in [-0.1, -0.05) is 11.3 Å². The van der Waals surface area contributed by atoms with E-state index in [9.17, 15) is 4.79 Å². The number of carbonyl (C=O) groups is 1. The molecule has 2 aromatic rings. The highest BCUT2D eigenvalue weighted by Crippen LogP contribution is 2.22. The Hall–Kier alpha value is -1.69. The zero-order valence-corrected chi connectivity index (χ0v) is 12.5. The molecule has 2 aromatic heterocycles. The molecule has 0 unspecified atom stereocenters. The van der Waals surface area contributed by atoms with Crippen molar-refractivity contribution < 1.29 is 9.53 Å². The van der Waals surface area contributed by atoms with Crippen LogP contribution in [0, 0.1) is 13.8 Å². The summed E-state index contributed by atoms with van der Waals surface area (Å²) in [5.41, 5.74) is 0.500. The van der Waals surface area contributed by atoms with Gasteiger partial charge in [0.1, 0.15) is 11.4 Å². The third kappa shape index (κ3) is 3.20. The Kier molecular flexibility index (Phi) is 3.45. The van der Waals surface area contributed by atoms with Crippen LogP contribution in [0.25, 0.3) is 11.0 Å². The summed E-state index contributed by atoms with van der Waals surface area (Å²) in [7, 11) is 0. The molecule has 5 nitrogen and oxygen atoms in total. The molecule has 0 aromatic carbocycles. The van der Waals surface area contributed by atoms with Gasteiger partial charge < -0.3 is 4.74 Å². The predicted molar refractivity (Wildman–Crippen MR) is 75.2 cm³/mol. The van der Waals surface area contributed by atoms with Crippen LogP contribution < -0.4 is 0 Å². The second-order valence-electron chi connectivity index (χ2n) is 5.27. The number of rotatable bonds is 2. The molecule has 0 aliphatic rings. The first-order chi connectivity index (χ1) is 8.76. The van der Waals surface area contributed by atoms with Gasteiger partial charge in [-0.2, -0.15) is 5.10 Å². The van der Waals surface area contributed by atoms with Crippen molar-refractivity contribution >= 4 is 28.3 Å². The highest BCUT2D eigenvalue weighted by atomic mass is 32.1. The van der Waals surface area contributed by atoms with E-state index in [1.165, 1.54) is 17.4 Å². The lowest BCUT2D eigenvalue weighted by atomic mass is 10.2. The fourth-order valence-electron chi connectivity index (χ4n) is 1.59. The summed E-state index contributed by atoms with van der Waals surface area (Å²) in [6, 6.07) is 0. The number of carbonyl (C=O) groups excluding carboxylic acids is 1. The van der Waals surface area contributed by atoms with E-state index in [0.29, 0.717) is 0 Å². The minimum absolute atomic E-state index is 0.345. The summed E-state index contributed by atoms with van der Waals surface area (Å²) in [5, 5.41) is 4.29. The maximum Gasteiger partial charge on any atom is 0.331 e. The number of esters is 1. The number of nitrogens with zero attached hydrogens (tertiary/aromatic N) is 3. The lowest BCUT2D eigenvalue weighted by molar-refractivity contribution is -0.148. The van der Waals surface area contributed by atoms with Gasteiger partial charge in [0.2, 0.25) is 4.96 Å². The van der Waals surface area contributed by atoms with Crippen molar-refractivity contribution in [1.82, 2.24) is 14.6 Å². The normalized spacial score (nSPS) is 12.5. The largest absolute Gasteiger partial charge is 0.457 e. The molecule has 19 heavy (non-hydrogen) atoms. The standard InChI is InChI=1S/C13H17N3O2S/c1-8-10(6-7-11(17)18-13(3,4)5)19-12-14-9(2)15-16(8)12/h6-7H,1-5H3/b7-6+. The molecule has 0 N–H and O–H groups in total. The molecule has 0 amide bonds. The van der Waals surface area contributed by atoms with E-state index < -0.39 is 5.60 Å². The second kappa shape index (κ2) is 4.77. The summed E-state index contributed by atoms with van der Waals surface area (Å²) in [6.45, 7) is 9.34. The van der Waals surface area contributed by atoms with Crippen LogP contribution in [0.3, 0.4) is 0 Å². The number of ether oxygens (including phenoxy) is 1. The summed E-state index contributed by atoms with van der Waals surface area (Å²) >= 11 is 1.50. The van der Waals surface area contributed by atoms with E-state index in [1.807, 2.05) is 34.6 Å². The van der Waals surface area contributed by atoms with E-state index >= 15 is 0 Å². The molecule has 2 heterocycles. The number of hydrogen-bond acceptors (Lipinski definition) is 5. The molecule has 0 fully saturated rings. The second-order valence-corrected chi connectivity index (χ2v) is 6.28. The summed E-state index contributed by atoms with van der Waals surface area (Å²) in [5.74, 6) is 0.402. The summed E-state index contributed by atoms with van der Waals surface area (Å²) < 4.78 is 7.00. The van der Waals surface area contributed by atoms with Crippen LogP contribution in [0.5, 0.6) is 0 Å². The molecule has 0 aliphatic heterocycles. The zero-order chi connectivity index (χ0) is 14.2. The van der Waals surface area contributed by atoms with Crippen LogP contribution in [0.4, 0.5) is 0 Å². The molecular formula is C13H17N3O2S. The molecule has 0 aliphatic carbocycles. The third-order valence-electron chi connectivity index (χ3n) is 2.34. The van der Waals surface area contributed by atoms with Crippen molar-refractivity contribution in [3.8, 4) is 0 Å². The first kappa shape index (κ1) is 13.7. The van der Waals surface area contributed by atoms with Crippen molar-refractivity contribution in [3.05, 3.63) is 22.5 Å². The van der Waals surface area contributed by atoms with Crippen LogP contribution in [-0.2, 0) is 9.53 Å². The third-order valence-corrected chi connectivity index (χ3v) is 3.43. The molecule has 102 valence electrons. The van der Waals surface area contributed by atoms with Gasteiger partial charge in [-0.3, -0.25) is 0 Å². The molecule has 0 saturated carbocycles. The average Bonchev–Trinajstić information content (AvgIpc) is 2.73. The van der Waals surface area contributed by atoms with Gasteiger partial charge in [0, 0.05) is 6.08 Å². The fraction of sp³-hybridized carbons (Fsp3) is 0.462. The van der Waals surface area contributed by atoms with Crippen LogP contribution >= 0.6 is 11.3 Å². The number of hydrogen-bond donors (Lipinski definition) is 0. The first-order valence-electron chi connectivity index (χ1n) is 6.00. The van der Waals surface area contributed by atoms with E-state index in [1.54, 1.807) is 10.6 Å². The molecule has 6 heteroatoms. The molecule has 0 atom stereocenters.